The first-order valence-corrected chi connectivity index (χ1v) is 6.01. The maximum absolute atomic E-state index is 13.4. The third-order valence-corrected chi connectivity index (χ3v) is 3.08. The topological polar surface area (TPSA) is 32.3 Å². The number of amides is 1. The third-order valence-electron chi connectivity index (χ3n) is 3.08. The summed E-state index contributed by atoms with van der Waals surface area (Å²) in [7, 11) is 0. The predicted molar refractivity (Wildman–Crippen MR) is 64.1 cm³/mol. The number of hydrogen-bond donors (Lipinski definition) is 1. The van der Waals surface area contributed by atoms with Crippen LogP contribution in [0, 0.1) is 11.6 Å². The zero-order chi connectivity index (χ0) is 13.1. The number of rotatable bonds is 2. The minimum atomic E-state index is -0.661. The van der Waals surface area contributed by atoms with Crippen LogP contribution >= 0.6 is 0 Å². The zero-order valence-corrected chi connectivity index (χ0v) is 10.2. The Hall–Kier alpha value is -1.49. The molecule has 0 bridgehead atoms. The van der Waals surface area contributed by atoms with Crippen molar-refractivity contribution in [3.05, 3.63) is 35.4 Å². The Balaban J connectivity index is 2.02. The van der Waals surface area contributed by atoms with Crippen molar-refractivity contribution in [2.24, 2.45) is 0 Å². The first kappa shape index (κ1) is 13.0. The smallest absolute Gasteiger partial charge is 0.227 e. The van der Waals surface area contributed by atoms with Gasteiger partial charge in [-0.25, -0.2) is 8.78 Å². The van der Waals surface area contributed by atoms with E-state index in [1.807, 2.05) is 6.92 Å². The van der Waals surface area contributed by atoms with E-state index >= 15 is 0 Å². The summed E-state index contributed by atoms with van der Waals surface area (Å²) in [6.45, 7) is 4.00. The summed E-state index contributed by atoms with van der Waals surface area (Å²) >= 11 is 0. The number of piperazine rings is 1. The van der Waals surface area contributed by atoms with E-state index in [-0.39, 0.29) is 23.9 Å². The van der Waals surface area contributed by atoms with Gasteiger partial charge in [0.2, 0.25) is 5.91 Å². The van der Waals surface area contributed by atoms with Crippen LogP contribution in [-0.4, -0.2) is 36.5 Å². The molecule has 0 aromatic heterocycles. The molecule has 1 fully saturated rings. The number of nitrogens with one attached hydrogen (secondary N) is 1. The highest BCUT2D eigenvalue weighted by molar-refractivity contribution is 5.79. The molecule has 1 aromatic carbocycles. The zero-order valence-electron chi connectivity index (χ0n) is 10.2. The summed E-state index contributed by atoms with van der Waals surface area (Å²) in [4.78, 5) is 13.7. The Labute approximate surface area is 105 Å². The lowest BCUT2D eigenvalue weighted by molar-refractivity contribution is -0.131. The second kappa shape index (κ2) is 5.44. The van der Waals surface area contributed by atoms with Crippen LogP contribution in [0.15, 0.2) is 18.2 Å². The van der Waals surface area contributed by atoms with Crippen LogP contribution in [0.4, 0.5) is 8.78 Å². The number of benzene rings is 1. The molecule has 0 radical (unpaired) electrons. The van der Waals surface area contributed by atoms with Gasteiger partial charge in [-0.3, -0.25) is 4.79 Å². The number of nitrogens with zero attached hydrogens (tertiary/aromatic N) is 1. The number of hydrogen-bond acceptors (Lipinski definition) is 2. The molecule has 2 rings (SSSR count). The summed E-state index contributed by atoms with van der Waals surface area (Å²) in [6, 6.07) is 3.56. The highest BCUT2D eigenvalue weighted by Gasteiger charge is 2.21. The van der Waals surface area contributed by atoms with Crippen molar-refractivity contribution in [3.63, 3.8) is 0 Å². The Morgan fingerprint density at radius 3 is 2.94 bits per heavy atom. The van der Waals surface area contributed by atoms with Crippen LogP contribution in [0.3, 0.4) is 0 Å². The Kier molecular flexibility index (Phi) is 3.91. The van der Waals surface area contributed by atoms with Crippen molar-refractivity contribution >= 4 is 5.91 Å². The van der Waals surface area contributed by atoms with Crippen LogP contribution in [-0.2, 0) is 11.2 Å². The lowest BCUT2D eigenvalue weighted by Crippen LogP contribution is -2.51. The fourth-order valence-electron chi connectivity index (χ4n) is 2.10. The largest absolute Gasteiger partial charge is 0.340 e. The van der Waals surface area contributed by atoms with E-state index in [1.54, 1.807) is 4.90 Å². The number of carbonyl (C=O) groups excluding carboxylic acids is 1. The summed E-state index contributed by atoms with van der Waals surface area (Å²) < 4.78 is 26.2. The van der Waals surface area contributed by atoms with Gasteiger partial charge < -0.3 is 10.2 Å². The van der Waals surface area contributed by atoms with E-state index in [1.165, 1.54) is 12.1 Å². The molecule has 98 valence electrons. The number of carbonyl (C=O) groups is 1. The minimum absolute atomic E-state index is 0.0150. The van der Waals surface area contributed by atoms with Gasteiger partial charge in [0, 0.05) is 31.7 Å². The summed E-state index contributed by atoms with van der Waals surface area (Å²) in [5.74, 6) is -1.40. The molecule has 5 heteroatoms. The molecule has 0 saturated carbocycles. The van der Waals surface area contributed by atoms with E-state index in [9.17, 15) is 13.6 Å². The molecule has 1 heterocycles. The molecule has 1 N–H and O–H groups in total. The van der Waals surface area contributed by atoms with Gasteiger partial charge in [0.1, 0.15) is 11.6 Å². The molecule has 0 aliphatic carbocycles. The van der Waals surface area contributed by atoms with Crippen LogP contribution in [0.25, 0.3) is 0 Å². The average Bonchev–Trinajstić information content (AvgIpc) is 2.32. The minimum Gasteiger partial charge on any atom is -0.340 e. The van der Waals surface area contributed by atoms with E-state index < -0.39 is 11.6 Å². The Morgan fingerprint density at radius 1 is 1.50 bits per heavy atom. The molecule has 1 aliphatic rings. The quantitative estimate of drug-likeness (QED) is 0.863. The van der Waals surface area contributed by atoms with Gasteiger partial charge in [-0.15, -0.1) is 0 Å². The molecule has 1 atom stereocenters. The molecule has 1 aliphatic heterocycles. The van der Waals surface area contributed by atoms with E-state index in [4.69, 9.17) is 0 Å². The Bertz CT molecular complexity index is 451. The van der Waals surface area contributed by atoms with Gasteiger partial charge in [0.25, 0.3) is 0 Å². The molecule has 1 amide bonds. The van der Waals surface area contributed by atoms with Crippen LogP contribution in [0.5, 0.6) is 0 Å². The third kappa shape index (κ3) is 3.04. The standard InChI is InChI=1S/C13H16F2N2O/c1-9-8-17(5-4-16-9)13(18)6-10-2-3-11(14)7-12(10)15/h2-3,7,9,16H,4-6,8H2,1H3/t9-/m1/s1. The highest BCUT2D eigenvalue weighted by Crippen LogP contribution is 2.12. The normalized spacial score (nSPS) is 19.9. The first-order valence-electron chi connectivity index (χ1n) is 6.01. The summed E-state index contributed by atoms with van der Waals surface area (Å²) in [6.07, 6.45) is -0.0150. The summed E-state index contributed by atoms with van der Waals surface area (Å²) in [5, 5.41) is 3.23. The van der Waals surface area contributed by atoms with Crippen molar-refractivity contribution in [3.8, 4) is 0 Å². The number of halogens is 2. The lowest BCUT2D eigenvalue weighted by Gasteiger charge is -2.32. The molecule has 1 saturated heterocycles. The van der Waals surface area contributed by atoms with Gasteiger partial charge in [-0.05, 0) is 18.6 Å². The molecule has 18 heavy (non-hydrogen) atoms. The van der Waals surface area contributed by atoms with E-state index in [0.717, 1.165) is 12.6 Å². The summed E-state index contributed by atoms with van der Waals surface area (Å²) in [5.41, 5.74) is 0.243. The maximum Gasteiger partial charge on any atom is 0.227 e. The fraction of sp³-hybridized carbons (Fsp3) is 0.462. The molecular formula is C13H16F2N2O. The molecule has 0 unspecified atom stereocenters. The fourth-order valence-corrected chi connectivity index (χ4v) is 2.10. The average molecular weight is 254 g/mol. The van der Waals surface area contributed by atoms with Gasteiger partial charge in [0.15, 0.2) is 0 Å². The van der Waals surface area contributed by atoms with Crippen LogP contribution in [0.2, 0.25) is 0 Å². The van der Waals surface area contributed by atoms with Crippen molar-refractivity contribution in [1.82, 2.24) is 10.2 Å². The van der Waals surface area contributed by atoms with Gasteiger partial charge >= 0.3 is 0 Å². The molecule has 0 spiro atoms. The van der Waals surface area contributed by atoms with Crippen LogP contribution in [0.1, 0.15) is 12.5 Å². The Morgan fingerprint density at radius 2 is 2.28 bits per heavy atom. The van der Waals surface area contributed by atoms with Crippen molar-refractivity contribution in [2.45, 2.75) is 19.4 Å². The van der Waals surface area contributed by atoms with Gasteiger partial charge in [-0.1, -0.05) is 6.07 Å². The highest BCUT2D eigenvalue weighted by atomic mass is 19.1. The molecule has 3 nitrogen and oxygen atoms in total. The van der Waals surface area contributed by atoms with Crippen molar-refractivity contribution < 1.29 is 13.6 Å². The first-order chi connectivity index (χ1) is 8.56. The SMILES string of the molecule is C[C@@H]1CN(C(=O)Cc2ccc(F)cc2F)CCN1. The lowest BCUT2D eigenvalue weighted by atomic mass is 10.1. The monoisotopic (exact) mass is 254 g/mol. The predicted octanol–water partition coefficient (Wildman–Crippen LogP) is 1.33. The molecule has 1 aromatic rings. The second-order valence-electron chi connectivity index (χ2n) is 4.61. The van der Waals surface area contributed by atoms with E-state index in [0.29, 0.717) is 13.1 Å². The van der Waals surface area contributed by atoms with Gasteiger partial charge in [0.05, 0.1) is 6.42 Å². The maximum atomic E-state index is 13.4. The van der Waals surface area contributed by atoms with Crippen LogP contribution < -0.4 is 5.32 Å². The molecular weight excluding hydrogens is 238 g/mol. The van der Waals surface area contributed by atoms with Crippen molar-refractivity contribution in [1.29, 1.82) is 0 Å². The second-order valence-corrected chi connectivity index (χ2v) is 4.61. The van der Waals surface area contributed by atoms with Crippen molar-refractivity contribution in [2.75, 3.05) is 19.6 Å². The van der Waals surface area contributed by atoms with Gasteiger partial charge in [-0.2, -0.15) is 0 Å². The van der Waals surface area contributed by atoms with E-state index in [2.05, 4.69) is 5.32 Å².